The highest BCUT2D eigenvalue weighted by molar-refractivity contribution is 7.10. The minimum absolute atomic E-state index is 0.230. The second kappa shape index (κ2) is 6.62. The second-order valence-electron chi connectivity index (χ2n) is 3.91. The van der Waals surface area contributed by atoms with Crippen LogP contribution in [0.4, 0.5) is 0 Å². The van der Waals surface area contributed by atoms with Gasteiger partial charge in [-0.3, -0.25) is 4.79 Å². The van der Waals surface area contributed by atoms with Gasteiger partial charge >= 0.3 is 0 Å². The predicted molar refractivity (Wildman–Crippen MR) is 65.4 cm³/mol. The molecule has 90 valence electrons. The van der Waals surface area contributed by atoms with E-state index in [1.807, 2.05) is 6.07 Å². The highest BCUT2D eigenvalue weighted by Crippen LogP contribution is 2.14. The van der Waals surface area contributed by atoms with E-state index < -0.39 is 0 Å². The van der Waals surface area contributed by atoms with E-state index in [-0.39, 0.29) is 12.5 Å². The summed E-state index contributed by atoms with van der Waals surface area (Å²) in [6.07, 6.45) is 0.810. The molecule has 0 spiro atoms. The van der Waals surface area contributed by atoms with Crippen molar-refractivity contribution in [3.05, 3.63) is 21.9 Å². The van der Waals surface area contributed by atoms with Crippen LogP contribution in [0, 0.1) is 5.92 Å². The Hall–Kier alpha value is -0.910. The van der Waals surface area contributed by atoms with Crippen LogP contribution in [-0.4, -0.2) is 24.2 Å². The minimum atomic E-state index is -0.379. The molecule has 1 amide bonds. The van der Waals surface area contributed by atoms with Gasteiger partial charge in [0.05, 0.1) is 5.56 Å². The molecule has 0 saturated carbocycles. The van der Waals surface area contributed by atoms with Gasteiger partial charge < -0.3 is 16.2 Å². The number of nitrogens with two attached hydrogens (primary N) is 1. The summed E-state index contributed by atoms with van der Waals surface area (Å²) >= 11 is 1.53. The van der Waals surface area contributed by atoms with Crippen LogP contribution in [0.1, 0.15) is 28.6 Å². The number of thiophene rings is 1. The average molecular weight is 242 g/mol. The van der Waals surface area contributed by atoms with E-state index >= 15 is 0 Å². The van der Waals surface area contributed by atoms with Gasteiger partial charge in [-0.2, -0.15) is 0 Å². The van der Waals surface area contributed by atoms with Gasteiger partial charge in [0, 0.05) is 23.4 Å². The molecule has 1 heterocycles. The molecule has 0 saturated heterocycles. The number of rotatable bonds is 7. The van der Waals surface area contributed by atoms with Gasteiger partial charge in [0.1, 0.15) is 0 Å². The largest absolute Gasteiger partial charge is 0.396 e. The van der Waals surface area contributed by atoms with Crippen LogP contribution in [0.3, 0.4) is 0 Å². The first-order chi connectivity index (χ1) is 7.63. The number of carbonyl (C=O) groups excluding carboxylic acids is 1. The Morgan fingerprint density at radius 3 is 3.00 bits per heavy atom. The van der Waals surface area contributed by atoms with Crippen LogP contribution in [0.5, 0.6) is 0 Å². The van der Waals surface area contributed by atoms with Crippen molar-refractivity contribution in [2.75, 3.05) is 13.2 Å². The lowest BCUT2D eigenvalue weighted by atomic mass is 10.1. The summed E-state index contributed by atoms with van der Waals surface area (Å²) in [5.41, 5.74) is 5.74. The molecule has 0 aliphatic heterocycles. The van der Waals surface area contributed by atoms with E-state index in [2.05, 4.69) is 12.2 Å². The summed E-state index contributed by atoms with van der Waals surface area (Å²) in [5.74, 6) is 0.0803. The molecule has 0 aliphatic carbocycles. The van der Waals surface area contributed by atoms with Crippen molar-refractivity contribution in [1.29, 1.82) is 0 Å². The molecule has 1 aromatic heterocycles. The van der Waals surface area contributed by atoms with E-state index in [1.54, 1.807) is 5.38 Å². The normalized spacial score (nSPS) is 12.6. The first-order valence-electron chi connectivity index (χ1n) is 5.32. The van der Waals surface area contributed by atoms with E-state index in [1.165, 1.54) is 11.3 Å². The Morgan fingerprint density at radius 2 is 2.44 bits per heavy atom. The van der Waals surface area contributed by atoms with E-state index in [9.17, 15) is 4.79 Å². The highest BCUT2D eigenvalue weighted by atomic mass is 32.1. The van der Waals surface area contributed by atoms with Gasteiger partial charge in [-0.15, -0.1) is 11.3 Å². The molecule has 1 aromatic rings. The maximum Gasteiger partial charge on any atom is 0.249 e. The minimum Gasteiger partial charge on any atom is -0.396 e. The topological polar surface area (TPSA) is 75.3 Å². The Labute approximate surface area is 99.5 Å². The summed E-state index contributed by atoms with van der Waals surface area (Å²) in [4.78, 5) is 12.0. The van der Waals surface area contributed by atoms with Crippen LogP contribution in [0.15, 0.2) is 11.4 Å². The van der Waals surface area contributed by atoms with Gasteiger partial charge in [-0.25, -0.2) is 0 Å². The fourth-order valence-corrected chi connectivity index (χ4v) is 2.21. The number of aliphatic hydroxyl groups is 1. The Balaban J connectivity index is 2.29. The van der Waals surface area contributed by atoms with Crippen LogP contribution >= 0.6 is 11.3 Å². The molecule has 16 heavy (non-hydrogen) atoms. The van der Waals surface area contributed by atoms with Crippen molar-refractivity contribution in [3.8, 4) is 0 Å². The van der Waals surface area contributed by atoms with Gasteiger partial charge in [0.15, 0.2) is 0 Å². The third-order valence-corrected chi connectivity index (χ3v) is 3.29. The lowest BCUT2D eigenvalue weighted by Crippen LogP contribution is -2.21. The third kappa shape index (κ3) is 4.30. The average Bonchev–Trinajstić information content (AvgIpc) is 2.67. The molecular formula is C11H18N2O2S. The molecule has 5 heteroatoms. The van der Waals surface area contributed by atoms with Crippen LogP contribution in [0.25, 0.3) is 0 Å². The molecule has 0 aromatic carbocycles. The summed E-state index contributed by atoms with van der Waals surface area (Å²) in [5, 5.41) is 13.8. The lowest BCUT2D eigenvalue weighted by Gasteiger charge is -2.09. The number of amides is 1. The Morgan fingerprint density at radius 1 is 1.69 bits per heavy atom. The number of carbonyl (C=O) groups is 1. The first-order valence-corrected chi connectivity index (χ1v) is 6.20. The number of hydrogen-bond donors (Lipinski definition) is 3. The molecule has 4 nitrogen and oxygen atoms in total. The quantitative estimate of drug-likeness (QED) is 0.666. The molecule has 0 radical (unpaired) electrons. The summed E-state index contributed by atoms with van der Waals surface area (Å²) in [6, 6.07) is 1.82. The maximum absolute atomic E-state index is 10.9. The molecule has 0 aliphatic rings. The van der Waals surface area contributed by atoms with Crippen molar-refractivity contribution >= 4 is 17.2 Å². The number of hydrogen-bond acceptors (Lipinski definition) is 4. The molecule has 1 unspecified atom stereocenters. The molecule has 1 rings (SSSR count). The summed E-state index contributed by atoms with van der Waals surface area (Å²) in [6.45, 7) is 3.93. The van der Waals surface area contributed by atoms with Crippen molar-refractivity contribution in [2.45, 2.75) is 19.9 Å². The van der Waals surface area contributed by atoms with E-state index in [0.29, 0.717) is 11.5 Å². The molecular weight excluding hydrogens is 224 g/mol. The van der Waals surface area contributed by atoms with E-state index in [0.717, 1.165) is 24.4 Å². The zero-order valence-corrected chi connectivity index (χ0v) is 10.2. The fraction of sp³-hybridized carbons (Fsp3) is 0.545. The monoisotopic (exact) mass is 242 g/mol. The maximum atomic E-state index is 10.9. The van der Waals surface area contributed by atoms with Gasteiger partial charge in [0.25, 0.3) is 0 Å². The zero-order valence-electron chi connectivity index (χ0n) is 9.40. The van der Waals surface area contributed by atoms with Crippen molar-refractivity contribution < 1.29 is 9.90 Å². The van der Waals surface area contributed by atoms with Crippen molar-refractivity contribution in [3.63, 3.8) is 0 Å². The van der Waals surface area contributed by atoms with Crippen LogP contribution < -0.4 is 11.1 Å². The molecule has 0 fully saturated rings. The zero-order chi connectivity index (χ0) is 12.0. The smallest absolute Gasteiger partial charge is 0.249 e. The van der Waals surface area contributed by atoms with E-state index in [4.69, 9.17) is 10.8 Å². The standard InChI is InChI=1S/C11H18N2O2S/c1-8(2-3-14)5-13-6-10-4-9(7-16-10)11(12)15/h4,7-8,13-14H,2-3,5-6H2,1H3,(H2,12,15). The van der Waals surface area contributed by atoms with Crippen LogP contribution in [-0.2, 0) is 6.54 Å². The number of primary amides is 1. The van der Waals surface area contributed by atoms with Crippen molar-refractivity contribution in [1.82, 2.24) is 5.32 Å². The second-order valence-corrected chi connectivity index (χ2v) is 4.91. The lowest BCUT2D eigenvalue weighted by molar-refractivity contribution is 0.100. The third-order valence-electron chi connectivity index (χ3n) is 2.35. The fourth-order valence-electron chi connectivity index (χ4n) is 1.37. The summed E-state index contributed by atoms with van der Waals surface area (Å²) < 4.78 is 0. The Bertz CT molecular complexity index is 338. The Kier molecular flexibility index (Phi) is 5.45. The molecule has 1 atom stereocenters. The van der Waals surface area contributed by atoms with Gasteiger partial charge in [0.2, 0.25) is 5.91 Å². The van der Waals surface area contributed by atoms with Gasteiger partial charge in [-0.05, 0) is 24.9 Å². The van der Waals surface area contributed by atoms with Gasteiger partial charge in [-0.1, -0.05) is 6.92 Å². The summed E-state index contributed by atoms with van der Waals surface area (Å²) in [7, 11) is 0. The first kappa shape index (κ1) is 13.2. The van der Waals surface area contributed by atoms with Crippen LogP contribution in [0.2, 0.25) is 0 Å². The molecule has 0 bridgehead atoms. The highest BCUT2D eigenvalue weighted by Gasteiger charge is 2.05. The molecule has 4 N–H and O–H groups in total. The SMILES string of the molecule is CC(CCO)CNCc1cc(C(N)=O)cs1. The number of aliphatic hydroxyl groups excluding tert-OH is 1. The number of nitrogens with one attached hydrogen (secondary N) is 1. The van der Waals surface area contributed by atoms with Crippen molar-refractivity contribution in [2.24, 2.45) is 11.7 Å². The predicted octanol–water partition coefficient (Wildman–Crippen LogP) is 0.955.